The lowest BCUT2D eigenvalue weighted by Crippen LogP contribution is -2.55. The molecule has 0 radical (unpaired) electrons. The number of rotatable bonds is 6. The molecule has 2 aromatic rings. The van der Waals surface area contributed by atoms with E-state index in [9.17, 15) is 4.79 Å². The molecule has 140 valence electrons. The van der Waals surface area contributed by atoms with Crippen molar-refractivity contribution in [3.8, 4) is 0 Å². The molecule has 0 aliphatic heterocycles. The summed E-state index contributed by atoms with van der Waals surface area (Å²) in [5, 5.41) is 3.19. The largest absolute Gasteiger partial charge is 0.378 e. The fraction of sp³-hybridized carbons (Fsp3) is 0.650. The molecule has 0 spiro atoms. The van der Waals surface area contributed by atoms with Crippen molar-refractivity contribution >= 4 is 11.6 Å². The molecule has 3 fully saturated rings. The molecule has 5 rings (SSSR count). The van der Waals surface area contributed by atoms with Gasteiger partial charge in [0.1, 0.15) is 6.33 Å². The third-order valence-corrected chi connectivity index (χ3v) is 5.89. The SMILES string of the molecule is CCCCOC1C2CC(NC(=O)c3ncn4c(C)cc(C)nc34)C[C@@H]1C2. The molecule has 6 heteroatoms. The molecule has 1 amide bonds. The molecule has 2 bridgehead atoms. The van der Waals surface area contributed by atoms with E-state index in [1.807, 2.05) is 24.3 Å². The van der Waals surface area contributed by atoms with Crippen molar-refractivity contribution in [3.63, 3.8) is 0 Å². The Kier molecular flexibility index (Phi) is 4.69. The number of fused-ring (bicyclic) bond motifs is 3. The quantitative estimate of drug-likeness (QED) is 0.808. The zero-order valence-electron chi connectivity index (χ0n) is 15.9. The second-order valence-electron chi connectivity index (χ2n) is 7.91. The van der Waals surface area contributed by atoms with Crippen LogP contribution in [0.2, 0.25) is 0 Å². The minimum atomic E-state index is -0.111. The molecule has 6 nitrogen and oxygen atoms in total. The van der Waals surface area contributed by atoms with E-state index < -0.39 is 0 Å². The maximum atomic E-state index is 12.8. The van der Waals surface area contributed by atoms with Gasteiger partial charge in [0.15, 0.2) is 11.3 Å². The van der Waals surface area contributed by atoms with Gasteiger partial charge in [-0.15, -0.1) is 0 Å². The van der Waals surface area contributed by atoms with Crippen LogP contribution in [0.15, 0.2) is 12.4 Å². The standard InChI is InChI=1S/C20H28N4O2/c1-4-5-6-26-18-14-8-15(18)10-16(9-14)23-20(25)17-19-22-12(2)7-13(3)24(19)11-21-17/h7,11,14-16,18H,4-6,8-10H2,1-3H3,(H,23,25)/t14-,15?,16?,18?/m0/s1. The summed E-state index contributed by atoms with van der Waals surface area (Å²) in [5.74, 6) is 1.08. The second kappa shape index (κ2) is 6.99. The fourth-order valence-corrected chi connectivity index (χ4v) is 4.58. The first kappa shape index (κ1) is 17.5. The summed E-state index contributed by atoms with van der Waals surface area (Å²) in [6.45, 7) is 7.00. The van der Waals surface area contributed by atoms with E-state index >= 15 is 0 Å². The van der Waals surface area contributed by atoms with Gasteiger partial charge in [0, 0.05) is 24.0 Å². The third-order valence-electron chi connectivity index (χ3n) is 5.89. The van der Waals surface area contributed by atoms with Crippen molar-refractivity contribution in [2.45, 2.75) is 65.0 Å². The lowest BCUT2D eigenvalue weighted by atomic mass is 9.61. The van der Waals surface area contributed by atoms with Crippen molar-refractivity contribution in [2.24, 2.45) is 11.8 Å². The summed E-state index contributed by atoms with van der Waals surface area (Å²) >= 11 is 0. The van der Waals surface area contributed by atoms with Gasteiger partial charge in [-0.1, -0.05) is 13.3 Å². The number of nitrogens with one attached hydrogen (secondary N) is 1. The monoisotopic (exact) mass is 356 g/mol. The van der Waals surface area contributed by atoms with Gasteiger partial charge in [0.05, 0.1) is 6.10 Å². The number of amides is 1. The number of unbranched alkanes of at least 4 members (excludes halogenated alkanes) is 1. The van der Waals surface area contributed by atoms with Crippen LogP contribution < -0.4 is 5.32 Å². The Balaban J connectivity index is 1.40. The normalized spacial score (nSPS) is 27.3. The van der Waals surface area contributed by atoms with Crippen LogP contribution in [0.5, 0.6) is 0 Å². The van der Waals surface area contributed by atoms with Crippen molar-refractivity contribution in [1.82, 2.24) is 19.7 Å². The van der Waals surface area contributed by atoms with Crippen LogP contribution in [0, 0.1) is 25.7 Å². The van der Waals surface area contributed by atoms with Crippen LogP contribution in [0.25, 0.3) is 5.65 Å². The first-order valence-electron chi connectivity index (χ1n) is 9.80. The maximum Gasteiger partial charge on any atom is 0.274 e. The maximum absolute atomic E-state index is 12.8. The average Bonchev–Trinajstić information content (AvgIpc) is 3.03. The van der Waals surface area contributed by atoms with Gasteiger partial charge in [-0.2, -0.15) is 0 Å². The van der Waals surface area contributed by atoms with E-state index in [4.69, 9.17) is 4.74 Å². The summed E-state index contributed by atoms with van der Waals surface area (Å²) in [5.41, 5.74) is 2.99. The number of imidazole rings is 1. The number of ether oxygens (including phenoxy) is 1. The van der Waals surface area contributed by atoms with Gasteiger partial charge in [-0.25, -0.2) is 9.97 Å². The highest BCUT2D eigenvalue weighted by atomic mass is 16.5. The second-order valence-corrected chi connectivity index (χ2v) is 7.91. The Bertz CT molecular complexity index is 803. The van der Waals surface area contributed by atoms with Gasteiger partial charge < -0.3 is 10.1 Å². The molecule has 3 saturated carbocycles. The Morgan fingerprint density at radius 1 is 1.31 bits per heavy atom. The van der Waals surface area contributed by atoms with Gasteiger partial charge in [-0.05, 0) is 57.4 Å². The molecule has 0 saturated heterocycles. The van der Waals surface area contributed by atoms with E-state index in [0.717, 1.165) is 37.3 Å². The number of carbonyl (C=O) groups excluding carboxylic acids is 1. The number of aryl methyl sites for hydroxylation is 2. The lowest BCUT2D eigenvalue weighted by molar-refractivity contribution is -0.127. The Hall–Kier alpha value is -1.95. The number of hydrogen-bond acceptors (Lipinski definition) is 4. The Morgan fingerprint density at radius 3 is 2.81 bits per heavy atom. The minimum absolute atomic E-state index is 0.111. The highest BCUT2D eigenvalue weighted by Crippen LogP contribution is 2.47. The van der Waals surface area contributed by atoms with E-state index in [0.29, 0.717) is 29.3 Å². The van der Waals surface area contributed by atoms with Crippen LogP contribution in [-0.2, 0) is 4.74 Å². The first-order chi connectivity index (χ1) is 12.6. The van der Waals surface area contributed by atoms with Crippen LogP contribution in [0.1, 0.15) is 60.9 Å². The molecule has 26 heavy (non-hydrogen) atoms. The van der Waals surface area contributed by atoms with Gasteiger partial charge in [-0.3, -0.25) is 9.20 Å². The smallest absolute Gasteiger partial charge is 0.274 e. The summed E-state index contributed by atoms with van der Waals surface area (Å²) in [6, 6.07) is 2.21. The highest BCUT2D eigenvalue weighted by molar-refractivity contribution is 5.98. The summed E-state index contributed by atoms with van der Waals surface area (Å²) in [7, 11) is 0. The highest BCUT2D eigenvalue weighted by Gasteiger charge is 2.48. The van der Waals surface area contributed by atoms with Crippen LogP contribution >= 0.6 is 0 Å². The molecule has 1 N–H and O–H groups in total. The van der Waals surface area contributed by atoms with Crippen molar-refractivity contribution < 1.29 is 9.53 Å². The topological polar surface area (TPSA) is 68.5 Å². The van der Waals surface area contributed by atoms with Crippen LogP contribution in [0.4, 0.5) is 0 Å². The van der Waals surface area contributed by atoms with Gasteiger partial charge >= 0.3 is 0 Å². The molecule has 2 heterocycles. The molecule has 0 aromatic carbocycles. The molecule has 3 unspecified atom stereocenters. The molecular weight excluding hydrogens is 328 g/mol. The van der Waals surface area contributed by atoms with Crippen molar-refractivity contribution in [2.75, 3.05) is 6.61 Å². The fourth-order valence-electron chi connectivity index (χ4n) is 4.58. The van der Waals surface area contributed by atoms with E-state index in [2.05, 4.69) is 22.2 Å². The predicted octanol–water partition coefficient (Wildman–Crippen LogP) is 3.06. The van der Waals surface area contributed by atoms with Crippen LogP contribution in [-0.4, -0.2) is 39.0 Å². The Morgan fingerprint density at radius 2 is 2.08 bits per heavy atom. The number of aromatic nitrogens is 3. The predicted molar refractivity (Wildman–Crippen MR) is 99.2 cm³/mol. The minimum Gasteiger partial charge on any atom is -0.378 e. The van der Waals surface area contributed by atoms with Gasteiger partial charge in [0.25, 0.3) is 5.91 Å². The van der Waals surface area contributed by atoms with Crippen molar-refractivity contribution in [1.29, 1.82) is 0 Å². The molecule has 3 aliphatic carbocycles. The number of hydrogen-bond donors (Lipinski definition) is 1. The Labute approximate surface area is 154 Å². The molecular formula is C20H28N4O2. The van der Waals surface area contributed by atoms with Crippen LogP contribution in [0.3, 0.4) is 0 Å². The first-order valence-corrected chi connectivity index (χ1v) is 9.80. The number of nitrogens with zero attached hydrogens (tertiary/aromatic N) is 3. The van der Waals surface area contributed by atoms with Crippen molar-refractivity contribution in [3.05, 3.63) is 29.5 Å². The van der Waals surface area contributed by atoms with Gasteiger partial charge in [0.2, 0.25) is 0 Å². The zero-order valence-corrected chi connectivity index (χ0v) is 15.9. The van der Waals surface area contributed by atoms with E-state index in [1.165, 1.54) is 12.8 Å². The summed E-state index contributed by atoms with van der Waals surface area (Å²) < 4.78 is 7.93. The third kappa shape index (κ3) is 3.11. The molecule has 4 atom stereocenters. The molecule has 2 aromatic heterocycles. The summed E-state index contributed by atoms with van der Waals surface area (Å²) in [6.07, 6.45) is 7.67. The van der Waals surface area contributed by atoms with E-state index in [-0.39, 0.29) is 11.9 Å². The number of carbonyl (C=O) groups is 1. The molecule has 3 aliphatic rings. The van der Waals surface area contributed by atoms with E-state index in [1.54, 1.807) is 6.33 Å². The average molecular weight is 356 g/mol. The zero-order chi connectivity index (χ0) is 18.3. The lowest BCUT2D eigenvalue weighted by Gasteiger charge is -2.51. The summed E-state index contributed by atoms with van der Waals surface area (Å²) in [4.78, 5) is 21.6.